The SMILES string of the molecule is Cc1cc(NC(=O)N[C@H](C)CCO)n(Cc2ccccc2)n1. The van der Waals surface area contributed by atoms with E-state index < -0.39 is 0 Å². The lowest BCUT2D eigenvalue weighted by Crippen LogP contribution is -2.37. The highest BCUT2D eigenvalue weighted by atomic mass is 16.3. The summed E-state index contributed by atoms with van der Waals surface area (Å²) in [5.74, 6) is 0.648. The Kier molecular flexibility index (Phi) is 5.55. The van der Waals surface area contributed by atoms with Crippen LogP contribution in [0, 0.1) is 6.92 Å². The van der Waals surface area contributed by atoms with E-state index in [0.29, 0.717) is 18.8 Å². The van der Waals surface area contributed by atoms with E-state index in [0.717, 1.165) is 11.3 Å². The summed E-state index contributed by atoms with van der Waals surface area (Å²) in [5.41, 5.74) is 1.96. The largest absolute Gasteiger partial charge is 0.396 e. The summed E-state index contributed by atoms with van der Waals surface area (Å²) in [5, 5.41) is 18.9. The van der Waals surface area contributed by atoms with Crippen LogP contribution in [-0.2, 0) is 6.54 Å². The second kappa shape index (κ2) is 7.61. The Morgan fingerprint density at radius 2 is 2.09 bits per heavy atom. The van der Waals surface area contributed by atoms with Gasteiger partial charge in [-0.05, 0) is 25.8 Å². The molecule has 1 atom stereocenters. The molecule has 6 nitrogen and oxygen atoms in total. The number of nitrogens with zero attached hydrogens (tertiary/aromatic N) is 2. The number of carbonyl (C=O) groups excluding carboxylic acids is 1. The normalized spacial score (nSPS) is 12.0. The molecule has 0 spiro atoms. The molecule has 0 bridgehead atoms. The zero-order chi connectivity index (χ0) is 15.9. The molecule has 0 aliphatic carbocycles. The Morgan fingerprint density at radius 3 is 2.77 bits per heavy atom. The molecule has 2 amide bonds. The Hall–Kier alpha value is -2.34. The highest BCUT2D eigenvalue weighted by Crippen LogP contribution is 2.13. The van der Waals surface area contributed by atoms with Crippen molar-refractivity contribution in [3.63, 3.8) is 0 Å². The average Bonchev–Trinajstić information content (AvgIpc) is 2.79. The first-order valence-corrected chi connectivity index (χ1v) is 7.35. The first-order chi connectivity index (χ1) is 10.6. The Bertz CT molecular complexity index is 610. The van der Waals surface area contributed by atoms with Crippen LogP contribution in [0.3, 0.4) is 0 Å². The summed E-state index contributed by atoms with van der Waals surface area (Å²) >= 11 is 0. The third kappa shape index (κ3) is 4.60. The first kappa shape index (κ1) is 16.0. The zero-order valence-electron chi connectivity index (χ0n) is 12.9. The number of anilines is 1. The highest BCUT2D eigenvalue weighted by molar-refractivity contribution is 5.88. The maximum atomic E-state index is 12.0. The van der Waals surface area contributed by atoms with Gasteiger partial charge in [-0.15, -0.1) is 0 Å². The van der Waals surface area contributed by atoms with Crippen molar-refractivity contribution in [2.75, 3.05) is 11.9 Å². The summed E-state index contributed by atoms with van der Waals surface area (Å²) in [6.07, 6.45) is 0.524. The van der Waals surface area contributed by atoms with Crippen LogP contribution in [0.1, 0.15) is 24.6 Å². The van der Waals surface area contributed by atoms with Gasteiger partial charge in [-0.3, -0.25) is 5.32 Å². The fourth-order valence-corrected chi connectivity index (χ4v) is 2.17. The van der Waals surface area contributed by atoms with Crippen molar-refractivity contribution >= 4 is 11.8 Å². The van der Waals surface area contributed by atoms with E-state index in [1.165, 1.54) is 0 Å². The molecule has 0 saturated carbocycles. The molecule has 118 valence electrons. The Labute approximate surface area is 130 Å². The third-order valence-corrected chi connectivity index (χ3v) is 3.26. The molecule has 0 fully saturated rings. The van der Waals surface area contributed by atoms with E-state index in [9.17, 15) is 4.79 Å². The standard InChI is InChI=1S/C16H22N4O2/c1-12(8-9-21)17-16(22)18-15-10-13(2)19-20(15)11-14-6-4-3-5-7-14/h3-7,10,12,21H,8-9,11H2,1-2H3,(H2,17,18,22)/t12-/m1/s1. The van der Waals surface area contributed by atoms with Gasteiger partial charge in [0.15, 0.2) is 0 Å². The van der Waals surface area contributed by atoms with Gasteiger partial charge in [-0.25, -0.2) is 9.48 Å². The van der Waals surface area contributed by atoms with Gasteiger partial charge in [-0.2, -0.15) is 5.10 Å². The van der Waals surface area contributed by atoms with Crippen LogP contribution in [0.15, 0.2) is 36.4 Å². The van der Waals surface area contributed by atoms with Crippen LogP contribution in [0.25, 0.3) is 0 Å². The van der Waals surface area contributed by atoms with Crippen LogP contribution < -0.4 is 10.6 Å². The monoisotopic (exact) mass is 302 g/mol. The maximum absolute atomic E-state index is 12.0. The van der Waals surface area contributed by atoms with Gasteiger partial charge < -0.3 is 10.4 Å². The summed E-state index contributed by atoms with van der Waals surface area (Å²) in [6, 6.07) is 11.4. The molecule has 2 rings (SSSR count). The van der Waals surface area contributed by atoms with Crippen LogP contribution in [0.5, 0.6) is 0 Å². The van der Waals surface area contributed by atoms with Gasteiger partial charge in [0.25, 0.3) is 0 Å². The van der Waals surface area contributed by atoms with Crippen LogP contribution >= 0.6 is 0 Å². The van der Waals surface area contributed by atoms with Gasteiger partial charge in [0.05, 0.1) is 12.2 Å². The smallest absolute Gasteiger partial charge is 0.320 e. The number of aliphatic hydroxyl groups excluding tert-OH is 1. The minimum absolute atomic E-state index is 0.0481. The van der Waals surface area contributed by atoms with Gasteiger partial charge >= 0.3 is 6.03 Å². The number of aryl methyl sites for hydroxylation is 1. The van der Waals surface area contributed by atoms with E-state index >= 15 is 0 Å². The topological polar surface area (TPSA) is 79.2 Å². The van der Waals surface area contributed by atoms with Crippen molar-refractivity contribution in [1.29, 1.82) is 0 Å². The number of urea groups is 1. The second-order valence-electron chi connectivity index (χ2n) is 5.33. The van der Waals surface area contributed by atoms with Crippen LogP contribution in [0.2, 0.25) is 0 Å². The van der Waals surface area contributed by atoms with Crippen molar-refractivity contribution in [3.05, 3.63) is 47.7 Å². The van der Waals surface area contributed by atoms with Gasteiger partial charge in [0, 0.05) is 18.7 Å². The molecule has 0 unspecified atom stereocenters. The number of aliphatic hydroxyl groups is 1. The van der Waals surface area contributed by atoms with E-state index in [4.69, 9.17) is 5.11 Å². The molecule has 1 aromatic carbocycles. The minimum atomic E-state index is -0.296. The number of nitrogens with one attached hydrogen (secondary N) is 2. The first-order valence-electron chi connectivity index (χ1n) is 7.35. The average molecular weight is 302 g/mol. The number of amides is 2. The van der Waals surface area contributed by atoms with Gasteiger partial charge in [0.2, 0.25) is 0 Å². The molecule has 1 heterocycles. The number of carbonyl (C=O) groups is 1. The number of rotatable bonds is 6. The highest BCUT2D eigenvalue weighted by Gasteiger charge is 2.11. The molecule has 22 heavy (non-hydrogen) atoms. The second-order valence-corrected chi connectivity index (χ2v) is 5.33. The summed E-state index contributed by atoms with van der Waals surface area (Å²) in [6.45, 7) is 4.38. The molecule has 0 aliphatic heterocycles. The van der Waals surface area contributed by atoms with E-state index in [1.54, 1.807) is 4.68 Å². The zero-order valence-corrected chi connectivity index (χ0v) is 12.9. The number of benzene rings is 1. The van der Waals surface area contributed by atoms with Crippen molar-refractivity contribution in [2.45, 2.75) is 32.9 Å². The molecule has 0 saturated heterocycles. The molecule has 3 N–H and O–H groups in total. The molecule has 2 aromatic rings. The Morgan fingerprint density at radius 1 is 1.36 bits per heavy atom. The van der Waals surface area contributed by atoms with Gasteiger partial charge in [-0.1, -0.05) is 30.3 Å². The lowest BCUT2D eigenvalue weighted by molar-refractivity contribution is 0.241. The maximum Gasteiger partial charge on any atom is 0.320 e. The molecule has 0 aliphatic rings. The van der Waals surface area contributed by atoms with Gasteiger partial charge in [0.1, 0.15) is 5.82 Å². The van der Waals surface area contributed by atoms with Crippen molar-refractivity contribution < 1.29 is 9.90 Å². The number of hydrogen-bond acceptors (Lipinski definition) is 3. The lowest BCUT2D eigenvalue weighted by atomic mass is 10.2. The van der Waals surface area contributed by atoms with E-state index in [-0.39, 0.29) is 18.7 Å². The molecular formula is C16H22N4O2. The predicted octanol–water partition coefficient (Wildman–Crippen LogP) is 2.13. The molecule has 1 aromatic heterocycles. The van der Waals surface area contributed by atoms with Crippen LogP contribution in [-0.4, -0.2) is 33.6 Å². The minimum Gasteiger partial charge on any atom is -0.396 e. The molecular weight excluding hydrogens is 280 g/mol. The third-order valence-electron chi connectivity index (χ3n) is 3.26. The number of hydrogen-bond donors (Lipinski definition) is 3. The Balaban J connectivity index is 2.03. The van der Waals surface area contributed by atoms with Crippen molar-refractivity contribution in [3.8, 4) is 0 Å². The predicted molar refractivity (Wildman–Crippen MR) is 85.8 cm³/mol. The fourth-order valence-electron chi connectivity index (χ4n) is 2.17. The van der Waals surface area contributed by atoms with Crippen molar-refractivity contribution in [2.24, 2.45) is 0 Å². The summed E-state index contributed by atoms with van der Waals surface area (Å²) in [4.78, 5) is 12.0. The van der Waals surface area contributed by atoms with E-state index in [2.05, 4.69) is 15.7 Å². The quantitative estimate of drug-likeness (QED) is 0.765. The molecule has 6 heteroatoms. The van der Waals surface area contributed by atoms with E-state index in [1.807, 2.05) is 50.2 Å². The van der Waals surface area contributed by atoms with Crippen LogP contribution in [0.4, 0.5) is 10.6 Å². The summed E-state index contributed by atoms with van der Waals surface area (Å²) in [7, 11) is 0. The fraction of sp³-hybridized carbons (Fsp3) is 0.375. The summed E-state index contributed by atoms with van der Waals surface area (Å²) < 4.78 is 1.76. The number of aromatic nitrogens is 2. The molecule has 0 radical (unpaired) electrons. The lowest BCUT2D eigenvalue weighted by Gasteiger charge is -2.14. The van der Waals surface area contributed by atoms with Crippen molar-refractivity contribution in [1.82, 2.24) is 15.1 Å².